The zero-order valence-electron chi connectivity index (χ0n) is 21.2. The second-order valence-electron chi connectivity index (χ2n) is 7.59. The van der Waals surface area contributed by atoms with Crippen LogP contribution in [0.15, 0.2) is 0 Å². The lowest BCUT2D eigenvalue weighted by Gasteiger charge is -2.00. The maximum absolute atomic E-state index is 5.57. The number of hydrogen-bond acceptors (Lipinski definition) is 20. The average molecular weight is 585 g/mol. The molecular weight excluding hydrogens is 558 g/mol. The van der Waals surface area contributed by atoms with Gasteiger partial charge in [0, 0.05) is 4.98 Å². The van der Waals surface area contributed by atoms with Crippen LogP contribution in [0.4, 0.5) is 65.4 Å². The van der Waals surface area contributed by atoms with Crippen LogP contribution in [0, 0.1) is 0 Å². The number of nitrogen functional groups attached to an aromatic ring is 9. The first-order valence-electron chi connectivity index (χ1n) is 11.0. The highest BCUT2D eigenvalue weighted by Crippen LogP contribution is 2.06. The summed E-state index contributed by atoms with van der Waals surface area (Å²) in [4.78, 5) is 51.2. The van der Waals surface area contributed by atoms with E-state index in [1.807, 2.05) is 0 Å². The molecule has 0 amide bonds. The first-order chi connectivity index (χ1) is 19.8. The highest BCUT2D eigenvalue weighted by Gasteiger charge is 2.17. The van der Waals surface area contributed by atoms with Crippen LogP contribution >= 0.6 is 0 Å². The van der Waals surface area contributed by atoms with Crippen LogP contribution in [0.3, 0.4) is 0 Å². The predicted octanol–water partition coefficient (Wildman–Crippen LogP) is -9.36. The summed E-state index contributed by atoms with van der Waals surface area (Å²) in [6.45, 7) is 0. The SMILES string of the molecule is Nc1nc(N)[nH+]c(N)n1.Nc1nc(N)nc(Nc2[nH+]c(N)nc(N)[nH+]2)n1.Nc1nc2nc(=[NH2+])nc3nc(N)[nH]c([nH]1)[n+]23. The van der Waals surface area contributed by atoms with Gasteiger partial charge in [0.05, 0.1) is 0 Å². The average Bonchev–Trinajstić information content (AvgIpc) is 2.81. The molecule has 0 fully saturated rings. The van der Waals surface area contributed by atoms with Gasteiger partial charge in [0.15, 0.2) is 0 Å². The Morgan fingerprint density at radius 1 is 0.548 bits per heavy atom. The lowest BCUT2D eigenvalue weighted by Crippen LogP contribution is -2.52. The van der Waals surface area contributed by atoms with Crippen molar-refractivity contribution in [2.75, 3.05) is 56.9 Å². The Hall–Kier alpha value is -7.35. The van der Waals surface area contributed by atoms with Gasteiger partial charge in [-0.2, -0.15) is 34.6 Å². The van der Waals surface area contributed by atoms with Crippen LogP contribution < -0.4 is 87.3 Å². The number of nitrogens with two attached hydrogens (primary N) is 10. The second-order valence-corrected chi connectivity index (χ2v) is 7.59. The van der Waals surface area contributed by atoms with Gasteiger partial charge >= 0.3 is 58.8 Å². The summed E-state index contributed by atoms with van der Waals surface area (Å²) >= 11 is 0. The van der Waals surface area contributed by atoms with E-state index in [-0.39, 0.29) is 76.7 Å². The number of anilines is 11. The summed E-state index contributed by atoms with van der Waals surface area (Å²) in [5.41, 5.74) is 48.5. The molecule has 0 saturated heterocycles. The van der Waals surface area contributed by atoms with Crippen LogP contribution in [0.2, 0.25) is 0 Å². The quantitative estimate of drug-likeness (QED) is 0.0839. The number of nitrogens with zero attached hydrogens (tertiary/aromatic N) is 11. The van der Waals surface area contributed by atoms with E-state index in [1.54, 1.807) is 0 Å². The highest BCUT2D eigenvalue weighted by molar-refractivity contribution is 5.43. The summed E-state index contributed by atoms with van der Waals surface area (Å²) in [5.74, 6) is 2.54. The van der Waals surface area contributed by atoms with Crippen molar-refractivity contribution >= 4 is 82.8 Å². The van der Waals surface area contributed by atoms with Crippen molar-refractivity contribution in [2.24, 2.45) is 0 Å². The first kappa shape index (κ1) is 27.7. The standard InChI is InChI=1S/C6H9N11.C6H6N10.C3H6N6/c7-1-11-2(8)14-5(13-1)17-6-15-3(9)12-4(10)16-6;7-1-10-4-12-2(8)14-6-15-3(9)13-5(11-1)16(4)6;4-1-7-2(5)9-3(6)8-1/h(H9,7,8,9,10,11,12,13,14,15,16,17);(H6,7,8,9,10,11,12,13,14,15);(H6,4,5,6,7,8,9)/p+5. The van der Waals surface area contributed by atoms with Crippen molar-refractivity contribution < 1.29 is 24.8 Å². The molecule has 0 bridgehead atoms. The van der Waals surface area contributed by atoms with Crippen LogP contribution in [0.25, 0.3) is 17.3 Å². The molecule has 0 aliphatic rings. The van der Waals surface area contributed by atoms with Gasteiger partial charge in [0.1, 0.15) is 0 Å². The molecule has 0 saturated carbocycles. The highest BCUT2D eigenvalue weighted by atomic mass is 15.3. The van der Waals surface area contributed by atoms with E-state index in [0.717, 1.165) is 0 Å². The third-order valence-corrected chi connectivity index (χ3v) is 4.37. The van der Waals surface area contributed by atoms with Gasteiger partial charge in [-0.05, 0) is 0 Å². The van der Waals surface area contributed by atoms with Crippen LogP contribution in [0.1, 0.15) is 0 Å². The van der Waals surface area contributed by atoms with Crippen molar-refractivity contribution in [3.05, 3.63) is 5.62 Å². The van der Waals surface area contributed by atoms with E-state index in [4.69, 9.17) is 57.0 Å². The fourth-order valence-electron chi connectivity index (χ4n) is 3.00. The number of H-pyrrole nitrogens is 5. The van der Waals surface area contributed by atoms with Crippen molar-refractivity contribution in [3.63, 3.8) is 0 Å². The van der Waals surface area contributed by atoms with Gasteiger partial charge in [0.2, 0.25) is 11.9 Å². The molecule has 0 aliphatic carbocycles. The lowest BCUT2D eigenvalue weighted by atomic mass is 10.7. The summed E-state index contributed by atoms with van der Waals surface area (Å²) < 4.78 is 1.52. The van der Waals surface area contributed by atoms with Gasteiger partial charge in [0.25, 0.3) is 17.7 Å². The Bertz CT molecular complexity index is 1740. The van der Waals surface area contributed by atoms with Gasteiger partial charge in [-0.3, -0.25) is 15.7 Å². The molecule has 26 N–H and O–H groups in total. The van der Waals surface area contributed by atoms with Gasteiger partial charge in [-0.1, -0.05) is 19.9 Å². The number of aromatic nitrogens is 16. The smallest absolute Gasteiger partial charge is 0.368 e. The molecular formula is C15H26N27+5. The Kier molecular flexibility index (Phi) is 7.37. The number of nitrogens with one attached hydrogen (secondary N) is 6. The van der Waals surface area contributed by atoms with E-state index in [9.17, 15) is 0 Å². The fourth-order valence-corrected chi connectivity index (χ4v) is 3.00. The summed E-state index contributed by atoms with van der Waals surface area (Å²) in [7, 11) is 0. The maximum Gasteiger partial charge on any atom is 0.434 e. The largest absolute Gasteiger partial charge is 0.434 e. The maximum atomic E-state index is 5.57. The van der Waals surface area contributed by atoms with Gasteiger partial charge in [-0.15, -0.1) is 9.97 Å². The predicted molar refractivity (Wildman–Crippen MR) is 141 cm³/mol. The van der Waals surface area contributed by atoms with Gasteiger partial charge in [-0.25, -0.2) is 4.98 Å². The Morgan fingerprint density at radius 2 is 1.00 bits per heavy atom. The molecule has 6 aromatic heterocycles. The molecule has 42 heavy (non-hydrogen) atoms. The van der Waals surface area contributed by atoms with Crippen LogP contribution in [0.5, 0.6) is 0 Å². The fraction of sp³-hybridized carbons (Fsp3) is 0. The van der Waals surface area contributed by atoms with E-state index in [2.05, 4.69) is 80.1 Å². The van der Waals surface area contributed by atoms with E-state index in [0.29, 0.717) is 11.7 Å². The molecule has 0 aromatic carbocycles. The molecule has 216 valence electrons. The summed E-state index contributed by atoms with van der Waals surface area (Å²) in [6.07, 6.45) is 0. The minimum absolute atomic E-state index is 0.00463. The van der Waals surface area contributed by atoms with Gasteiger partial charge < -0.3 is 51.3 Å². The molecule has 0 atom stereocenters. The Morgan fingerprint density at radius 3 is 1.48 bits per heavy atom. The molecule has 0 radical (unpaired) electrons. The summed E-state index contributed by atoms with van der Waals surface area (Å²) in [5, 5.41) is 8.25. The summed E-state index contributed by atoms with van der Waals surface area (Å²) in [6, 6.07) is 0. The van der Waals surface area contributed by atoms with E-state index < -0.39 is 0 Å². The molecule has 0 spiro atoms. The molecule has 0 aliphatic heterocycles. The zero-order chi connectivity index (χ0) is 30.6. The normalized spacial score (nSPS) is 10.4. The van der Waals surface area contributed by atoms with Crippen LogP contribution in [-0.2, 0) is 0 Å². The molecule has 6 rings (SSSR count). The number of hydrogen-bond donors (Lipinski definition) is 13. The zero-order valence-corrected chi connectivity index (χ0v) is 21.2. The monoisotopic (exact) mass is 584 g/mol. The second kappa shape index (κ2) is 11.2. The minimum atomic E-state index is -0.00463. The first-order valence-corrected chi connectivity index (χ1v) is 11.0. The lowest BCUT2D eigenvalue weighted by molar-refractivity contribution is -0.490. The topological polar surface area (TPSA) is 479 Å². The number of aromatic amines is 5. The number of rotatable bonds is 2. The Balaban J connectivity index is 0.000000152. The molecule has 27 nitrogen and oxygen atoms in total. The van der Waals surface area contributed by atoms with Crippen molar-refractivity contribution in [2.45, 2.75) is 0 Å². The Labute approximate surface area is 230 Å². The molecule has 6 aromatic rings. The molecule has 0 unspecified atom stereocenters. The third-order valence-electron chi connectivity index (χ3n) is 4.37. The minimum Gasteiger partial charge on any atom is -0.368 e. The van der Waals surface area contributed by atoms with Crippen LogP contribution in [-0.4, -0.2) is 59.8 Å². The molecule has 27 heteroatoms. The van der Waals surface area contributed by atoms with Crippen molar-refractivity contribution in [1.29, 1.82) is 0 Å². The van der Waals surface area contributed by atoms with Crippen molar-refractivity contribution in [3.8, 4) is 0 Å². The van der Waals surface area contributed by atoms with E-state index in [1.165, 1.54) is 4.40 Å². The van der Waals surface area contributed by atoms with Crippen molar-refractivity contribution in [1.82, 2.24) is 59.8 Å². The molecule has 6 heterocycles. The third kappa shape index (κ3) is 6.94. The van der Waals surface area contributed by atoms with E-state index >= 15 is 0 Å².